The zero-order chi connectivity index (χ0) is 16.7. The molecule has 0 N–H and O–H groups in total. The smallest absolute Gasteiger partial charge is 0.258 e. The SMILES string of the molecule is Cc1cncc([C@H]2CCCN2C(=O)c2c(C)oc3c2CCCC3)n1. The number of rotatable bonds is 2. The first-order valence-electron chi connectivity index (χ1n) is 8.86. The third-order valence-electron chi connectivity index (χ3n) is 5.19. The Hall–Kier alpha value is -2.17. The summed E-state index contributed by atoms with van der Waals surface area (Å²) in [6.07, 6.45) is 9.70. The minimum Gasteiger partial charge on any atom is -0.465 e. The lowest BCUT2D eigenvalue weighted by molar-refractivity contribution is 0.0729. The molecule has 2 aliphatic rings. The van der Waals surface area contributed by atoms with Crippen molar-refractivity contribution in [2.24, 2.45) is 0 Å². The molecule has 5 heteroatoms. The van der Waals surface area contributed by atoms with E-state index >= 15 is 0 Å². The van der Waals surface area contributed by atoms with E-state index in [0.717, 1.165) is 79.1 Å². The van der Waals surface area contributed by atoms with Gasteiger partial charge >= 0.3 is 0 Å². The Morgan fingerprint density at radius 1 is 1.21 bits per heavy atom. The van der Waals surface area contributed by atoms with E-state index in [9.17, 15) is 4.79 Å². The average molecular weight is 325 g/mol. The van der Waals surface area contributed by atoms with Crippen molar-refractivity contribution in [3.8, 4) is 0 Å². The quantitative estimate of drug-likeness (QED) is 0.847. The molecule has 0 aromatic carbocycles. The van der Waals surface area contributed by atoms with Crippen molar-refractivity contribution in [2.75, 3.05) is 6.54 Å². The Morgan fingerprint density at radius 2 is 2.04 bits per heavy atom. The molecule has 1 amide bonds. The third-order valence-corrected chi connectivity index (χ3v) is 5.19. The molecule has 0 unspecified atom stereocenters. The number of likely N-dealkylation sites (tertiary alicyclic amines) is 1. The van der Waals surface area contributed by atoms with Crippen molar-refractivity contribution in [1.82, 2.24) is 14.9 Å². The summed E-state index contributed by atoms with van der Waals surface area (Å²) in [5, 5.41) is 0. The van der Waals surface area contributed by atoms with Gasteiger partial charge in [0.2, 0.25) is 0 Å². The van der Waals surface area contributed by atoms with Gasteiger partial charge in [-0.25, -0.2) is 0 Å². The van der Waals surface area contributed by atoms with Crippen LogP contribution >= 0.6 is 0 Å². The maximum absolute atomic E-state index is 13.3. The second-order valence-corrected chi connectivity index (χ2v) is 6.88. The summed E-state index contributed by atoms with van der Waals surface area (Å²) in [6.45, 7) is 4.63. The number of fused-ring (bicyclic) bond motifs is 1. The van der Waals surface area contributed by atoms with Gasteiger partial charge in [-0.15, -0.1) is 0 Å². The zero-order valence-electron chi connectivity index (χ0n) is 14.3. The fourth-order valence-electron chi connectivity index (χ4n) is 4.09. The van der Waals surface area contributed by atoms with Crippen LogP contribution < -0.4 is 0 Å². The van der Waals surface area contributed by atoms with Gasteiger partial charge in [0.15, 0.2) is 0 Å². The van der Waals surface area contributed by atoms with E-state index in [2.05, 4.69) is 9.97 Å². The molecule has 2 aromatic rings. The average Bonchev–Trinajstić information content (AvgIpc) is 3.18. The lowest BCUT2D eigenvalue weighted by atomic mass is 9.94. The number of nitrogens with zero attached hydrogens (tertiary/aromatic N) is 3. The number of amides is 1. The number of aromatic nitrogens is 2. The molecule has 1 atom stereocenters. The Bertz CT molecular complexity index is 781. The van der Waals surface area contributed by atoms with E-state index in [1.54, 1.807) is 12.4 Å². The first kappa shape index (κ1) is 15.4. The minimum absolute atomic E-state index is 0.0263. The number of hydrogen-bond acceptors (Lipinski definition) is 4. The predicted octanol–water partition coefficient (Wildman–Crippen LogP) is 3.54. The molecule has 1 aliphatic carbocycles. The number of carbonyl (C=O) groups is 1. The number of furan rings is 1. The Balaban J connectivity index is 1.68. The van der Waals surface area contributed by atoms with Gasteiger partial charge in [-0.2, -0.15) is 0 Å². The van der Waals surface area contributed by atoms with Gasteiger partial charge in [0.05, 0.1) is 29.2 Å². The van der Waals surface area contributed by atoms with Gasteiger partial charge in [-0.1, -0.05) is 0 Å². The van der Waals surface area contributed by atoms with Crippen molar-refractivity contribution in [3.05, 3.63) is 46.4 Å². The summed E-state index contributed by atoms with van der Waals surface area (Å²) in [7, 11) is 0. The third kappa shape index (κ3) is 2.52. The fourth-order valence-corrected chi connectivity index (χ4v) is 4.09. The summed E-state index contributed by atoms with van der Waals surface area (Å²) >= 11 is 0. The van der Waals surface area contributed by atoms with E-state index in [4.69, 9.17) is 4.42 Å². The standard InChI is InChI=1S/C19H23N3O2/c1-12-10-20-11-15(21-12)16-7-5-9-22(16)19(23)18-13(2)24-17-8-4-3-6-14(17)18/h10-11,16H,3-9H2,1-2H3/t16-/m1/s1. The van der Waals surface area contributed by atoms with Gasteiger partial charge in [-0.3, -0.25) is 14.8 Å². The molecule has 0 saturated carbocycles. The lowest BCUT2D eigenvalue weighted by Gasteiger charge is -2.25. The van der Waals surface area contributed by atoms with Crippen LogP contribution in [0.1, 0.15) is 70.6 Å². The van der Waals surface area contributed by atoms with E-state index < -0.39 is 0 Å². The molecule has 4 rings (SSSR count). The van der Waals surface area contributed by atoms with Crippen molar-refractivity contribution in [3.63, 3.8) is 0 Å². The number of carbonyl (C=O) groups excluding carboxylic acids is 1. The van der Waals surface area contributed by atoms with Crippen molar-refractivity contribution in [2.45, 2.75) is 58.4 Å². The highest BCUT2D eigenvalue weighted by atomic mass is 16.3. The van der Waals surface area contributed by atoms with Crippen LogP contribution in [-0.4, -0.2) is 27.3 Å². The Labute approximate surface area is 142 Å². The molecule has 3 heterocycles. The van der Waals surface area contributed by atoms with Crippen LogP contribution in [0.25, 0.3) is 0 Å². The molecule has 1 aliphatic heterocycles. The lowest BCUT2D eigenvalue weighted by Crippen LogP contribution is -2.32. The zero-order valence-corrected chi connectivity index (χ0v) is 14.3. The molecule has 2 aromatic heterocycles. The van der Waals surface area contributed by atoms with Gasteiger partial charge in [0.1, 0.15) is 11.5 Å². The van der Waals surface area contributed by atoms with Crippen molar-refractivity contribution >= 4 is 5.91 Å². The van der Waals surface area contributed by atoms with Gasteiger partial charge in [-0.05, 0) is 46.0 Å². The van der Waals surface area contributed by atoms with Crippen molar-refractivity contribution in [1.29, 1.82) is 0 Å². The molecule has 5 nitrogen and oxygen atoms in total. The molecule has 1 fully saturated rings. The van der Waals surface area contributed by atoms with E-state index in [1.165, 1.54) is 0 Å². The van der Waals surface area contributed by atoms with Crippen LogP contribution in [0.2, 0.25) is 0 Å². The first-order valence-corrected chi connectivity index (χ1v) is 8.86. The summed E-state index contributed by atoms with van der Waals surface area (Å²) < 4.78 is 5.90. The largest absolute Gasteiger partial charge is 0.465 e. The summed E-state index contributed by atoms with van der Waals surface area (Å²) in [4.78, 5) is 24.1. The maximum Gasteiger partial charge on any atom is 0.258 e. The first-order chi connectivity index (χ1) is 11.6. The van der Waals surface area contributed by atoms with Crippen LogP contribution in [0.15, 0.2) is 16.8 Å². The van der Waals surface area contributed by atoms with Gasteiger partial charge < -0.3 is 9.32 Å². The summed E-state index contributed by atoms with van der Waals surface area (Å²) in [6, 6.07) is 0.0263. The Kier molecular flexibility index (Phi) is 3.87. The molecule has 24 heavy (non-hydrogen) atoms. The highest BCUT2D eigenvalue weighted by Crippen LogP contribution is 2.36. The molecule has 126 valence electrons. The van der Waals surface area contributed by atoms with Crippen LogP contribution in [0.3, 0.4) is 0 Å². The second kappa shape index (κ2) is 6.04. The molecule has 0 radical (unpaired) electrons. The molecule has 0 bridgehead atoms. The number of hydrogen-bond donors (Lipinski definition) is 0. The fraction of sp³-hybridized carbons (Fsp3) is 0.526. The highest BCUT2D eigenvalue weighted by molar-refractivity contribution is 5.97. The van der Waals surface area contributed by atoms with E-state index in [1.807, 2.05) is 18.7 Å². The van der Waals surface area contributed by atoms with Crippen LogP contribution in [-0.2, 0) is 12.8 Å². The molecular formula is C19H23N3O2. The molecule has 1 saturated heterocycles. The molecule has 0 spiro atoms. The highest BCUT2D eigenvalue weighted by Gasteiger charge is 2.35. The molecular weight excluding hydrogens is 302 g/mol. The topological polar surface area (TPSA) is 59.2 Å². The van der Waals surface area contributed by atoms with Gasteiger partial charge in [0, 0.05) is 24.7 Å². The predicted molar refractivity (Wildman–Crippen MR) is 89.9 cm³/mol. The van der Waals surface area contributed by atoms with Crippen molar-refractivity contribution < 1.29 is 9.21 Å². The number of aryl methyl sites for hydroxylation is 3. The van der Waals surface area contributed by atoms with Crippen LogP contribution in [0.5, 0.6) is 0 Å². The normalized spacial score (nSPS) is 20.2. The van der Waals surface area contributed by atoms with E-state index in [0.29, 0.717) is 0 Å². The van der Waals surface area contributed by atoms with Crippen LogP contribution in [0.4, 0.5) is 0 Å². The van der Waals surface area contributed by atoms with Crippen LogP contribution in [0, 0.1) is 13.8 Å². The van der Waals surface area contributed by atoms with Gasteiger partial charge in [0.25, 0.3) is 5.91 Å². The maximum atomic E-state index is 13.3. The monoisotopic (exact) mass is 325 g/mol. The Morgan fingerprint density at radius 3 is 2.88 bits per heavy atom. The summed E-state index contributed by atoms with van der Waals surface area (Å²) in [5.41, 5.74) is 3.74. The minimum atomic E-state index is 0.0263. The summed E-state index contributed by atoms with van der Waals surface area (Å²) in [5.74, 6) is 1.89. The van der Waals surface area contributed by atoms with E-state index in [-0.39, 0.29) is 11.9 Å². The second-order valence-electron chi connectivity index (χ2n) is 6.88.